The Balaban J connectivity index is 1.84. The number of nitrogens with zero attached hydrogens (tertiary/aromatic N) is 2. The fourth-order valence-electron chi connectivity index (χ4n) is 1.60. The van der Waals surface area contributed by atoms with Crippen molar-refractivity contribution in [3.05, 3.63) is 36.0 Å². The molecule has 8 heteroatoms. The van der Waals surface area contributed by atoms with Crippen LogP contribution in [0.5, 0.6) is 0 Å². The minimum absolute atomic E-state index is 0.271. The quantitative estimate of drug-likeness (QED) is 0.778. The minimum Gasteiger partial charge on any atom is -0.455 e. The highest BCUT2D eigenvalue weighted by Gasteiger charge is 2.11. The van der Waals surface area contributed by atoms with Gasteiger partial charge in [-0.2, -0.15) is 0 Å². The predicted molar refractivity (Wildman–Crippen MR) is 82.7 cm³/mol. The summed E-state index contributed by atoms with van der Waals surface area (Å²) < 4.78 is 18.3. The Morgan fingerprint density at radius 2 is 2.33 bits per heavy atom. The molecule has 2 heterocycles. The van der Waals surface area contributed by atoms with E-state index in [0.717, 1.165) is 5.16 Å². The highest BCUT2D eigenvalue weighted by Crippen LogP contribution is 2.21. The molecule has 0 aliphatic heterocycles. The predicted octanol–water partition coefficient (Wildman–Crippen LogP) is 1.41. The van der Waals surface area contributed by atoms with Crippen LogP contribution in [0.2, 0.25) is 0 Å². The van der Waals surface area contributed by atoms with Crippen LogP contribution in [0.3, 0.4) is 0 Å². The van der Waals surface area contributed by atoms with Gasteiger partial charge in [0.15, 0.2) is 10.9 Å². The van der Waals surface area contributed by atoms with E-state index >= 15 is 0 Å². The van der Waals surface area contributed by atoms with Gasteiger partial charge in [-0.25, -0.2) is 4.98 Å². The molecule has 0 bridgehead atoms. The maximum Gasteiger partial charge on any atom is 0.287 e. The fraction of sp³-hybridized carbons (Fsp3) is 0.385. The number of rotatable bonds is 7. The van der Waals surface area contributed by atoms with Crippen LogP contribution >= 0.6 is 11.8 Å². The van der Waals surface area contributed by atoms with Gasteiger partial charge in [0.25, 0.3) is 5.91 Å². The Bertz CT molecular complexity index is 636. The van der Waals surface area contributed by atoms with Crippen LogP contribution in [-0.4, -0.2) is 38.2 Å². The second-order valence-corrected chi connectivity index (χ2v) is 6.91. The van der Waals surface area contributed by atoms with Gasteiger partial charge in [-0.1, -0.05) is 11.8 Å². The van der Waals surface area contributed by atoms with Crippen LogP contribution in [0.15, 0.2) is 34.1 Å². The molecule has 0 spiro atoms. The van der Waals surface area contributed by atoms with Gasteiger partial charge in [0.2, 0.25) is 0 Å². The van der Waals surface area contributed by atoms with Crippen molar-refractivity contribution in [2.45, 2.75) is 10.9 Å². The zero-order valence-corrected chi connectivity index (χ0v) is 13.5. The Kier molecular flexibility index (Phi) is 5.63. The van der Waals surface area contributed by atoms with Gasteiger partial charge in [-0.15, -0.1) is 0 Å². The summed E-state index contributed by atoms with van der Waals surface area (Å²) in [7, 11) is 1.01. The van der Waals surface area contributed by atoms with Crippen molar-refractivity contribution in [1.82, 2.24) is 14.9 Å². The summed E-state index contributed by atoms with van der Waals surface area (Å²) in [6, 6.07) is 3.43. The van der Waals surface area contributed by atoms with E-state index in [1.165, 1.54) is 11.8 Å². The van der Waals surface area contributed by atoms with Crippen LogP contribution in [0.4, 0.5) is 0 Å². The van der Waals surface area contributed by atoms with Crippen LogP contribution < -0.4 is 5.32 Å². The van der Waals surface area contributed by atoms with E-state index in [1.54, 1.807) is 24.6 Å². The van der Waals surface area contributed by atoms with Gasteiger partial charge in [0, 0.05) is 48.8 Å². The molecule has 0 fully saturated rings. The van der Waals surface area contributed by atoms with E-state index in [2.05, 4.69) is 10.3 Å². The van der Waals surface area contributed by atoms with Crippen molar-refractivity contribution < 1.29 is 13.4 Å². The number of aromatic nitrogens is 2. The number of imidazole rings is 1. The summed E-state index contributed by atoms with van der Waals surface area (Å²) in [6.45, 7) is 0.375. The number of nitrogens with one attached hydrogen (secondary N) is 1. The molecule has 0 aromatic carbocycles. The Hall–Kier alpha value is -1.54. The molecule has 114 valence electrons. The maximum atomic E-state index is 11.8. The van der Waals surface area contributed by atoms with Gasteiger partial charge < -0.3 is 14.3 Å². The number of carbonyl (C=O) groups excluding carboxylic acids is 1. The number of hydrogen-bond acceptors (Lipinski definition) is 5. The van der Waals surface area contributed by atoms with E-state index in [1.807, 2.05) is 17.8 Å². The third-order valence-corrected chi connectivity index (χ3v) is 4.54. The Morgan fingerprint density at radius 1 is 1.52 bits per heavy atom. The summed E-state index contributed by atoms with van der Waals surface area (Å²) in [6.07, 6.45) is 5.22. The van der Waals surface area contributed by atoms with Crippen molar-refractivity contribution in [3.8, 4) is 0 Å². The SMILES string of the molecule is Cn1ccnc1SCc1ccc(C(=O)NCCS(C)=O)o1. The van der Waals surface area contributed by atoms with Crippen LogP contribution in [0, 0.1) is 0 Å². The van der Waals surface area contributed by atoms with Crippen LogP contribution in [-0.2, 0) is 23.6 Å². The van der Waals surface area contributed by atoms with E-state index in [-0.39, 0.29) is 11.7 Å². The number of aryl methyl sites for hydroxylation is 1. The summed E-state index contributed by atoms with van der Waals surface area (Å²) in [5.41, 5.74) is 0. The van der Waals surface area contributed by atoms with Crippen molar-refractivity contribution in [2.75, 3.05) is 18.6 Å². The highest BCUT2D eigenvalue weighted by molar-refractivity contribution is 7.98. The van der Waals surface area contributed by atoms with E-state index in [0.29, 0.717) is 23.8 Å². The molecule has 0 saturated heterocycles. The zero-order valence-electron chi connectivity index (χ0n) is 11.9. The summed E-state index contributed by atoms with van der Waals surface area (Å²) >= 11 is 1.54. The second-order valence-electron chi connectivity index (χ2n) is 4.41. The highest BCUT2D eigenvalue weighted by atomic mass is 32.2. The topological polar surface area (TPSA) is 77.1 Å². The lowest BCUT2D eigenvalue weighted by atomic mass is 10.4. The molecule has 6 nitrogen and oxygen atoms in total. The van der Waals surface area contributed by atoms with Crippen LogP contribution in [0.25, 0.3) is 0 Å². The molecule has 1 unspecified atom stereocenters. The van der Waals surface area contributed by atoms with Crippen molar-refractivity contribution in [3.63, 3.8) is 0 Å². The monoisotopic (exact) mass is 327 g/mol. The summed E-state index contributed by atoms with van der Waals surface area (Å²) in [4.78, 5) is 16.0. The molecule has 1 amide bonds. The summed E-state index contributed by atoms with van der Waals surface area (Å²) in [5, 5.41) is 3.56. The fourth-order valence-corrected chi connectivity index (χ4v) is 2.82. The summed E-state index contributed by atoms with van der Waals surface area (Å²) in [5.74, 6) is 1.75. The molecule has 2 aromatic heterocycles. The molecule has 0 saturated carbocycles. The molecule has 2 aromatic rings. The van der Waals surface area contributed by atoms with Crippen molar-refractivity contribution in [1.29, 1.82) is 0 Å². The molecule has 2 rings (SSSR count). The van der Waals surface area contributed by atoms with E-state index in [9.17, 15) is 9.00 Å². The number of amides is 1. The molecule has 1 N–H and O–H groups in total. The number of thioether (sulfide) groups is 1. The van der Waals surface area contributed by atoms with Crippen LogP contribution in [0.1, 0.15) is 16.3 Å². The molecule has 0 aliphatic carbocycles. The number of furan rings is 1. The zero-order chi connectivity index (χ0) is 15.2. The van der Waals surface area contributed by atoms with E-state index < -0.39 is 10.8 Å². The largest absolute Gasteiger partial charge is 0.455 e. The number of hydrogen-bond donors (Lipinski definition) is 1. The van der Waals surface area contributed by atoms with E-state index in [4.69, 9.17) is 4.42 Å². The molecule has 21 heavy (non-hydrogen) atoms. The first kappa shape index (κ1) is 15.8. The standard InChI is InChI=1S/C13H17N3O3S2/c1-16-7-5-15-13(16)20-9-10-3-4-11(19-10)12(17)14-6-8-21(2)18/h3-5,7H,6,8-9H2,1-2H3,(H,14,17). The van der Waals surface area contributed by atoms with Crippen molar-refractivity contribution >= 4 is 28.5 Å². The van der Waals surface area contributed by atoms with Gasteiger partial charge in [0.1, 0.15) is 5.76 Å². The lowest BCUT2D eigenvalue weighted by Gasteiger charge is -2.01. The Labute approximate surface area is 129 Å². The molecule has 1 atom stereocenters. The molecular formula is C13H17N3O3S2. The Morgan fingerprint density at radius 3 is 3.00 bits per heavy atom. The van der Waals surface area contributed by atoms with Gasteiger partial charge in [-0.05, 0) is 12.1 Å². The normalized spacial score (nSPS) is 12.3. The van der Waals surface area contributed by atoms with Gasteiger partial charge >= 0.3 is 0 Å². The van der Waals surface area contributed by atoms with Gasteiger partial charge in [0.05, 0.1) is 5.75 Å². The van der Waals surface area contributed by atoms with Gasteiger partial charge in [-0.3, -0.25) is 9.00 Å². The average Bonchev–Trinajstić information content (AvgIpc) is 3.05. The first-order valence-corrected chi connectivity index (χ1v) is 9.04. The third-order valence-electron chi connectivity index (χ3n) is 2.68. The first-order valence-electron chi connectivity index (χ1n) is 6.33. The molecule has 0 radical (unpaired) electrons. The lowest BCUT2D eigenvalue weighted by Crippen LogP contribution is -2.27. The maximum absolute atomic E-state index is 11.8. The lowest BCUT2D eigenvalue weighted by molar-refractivity contribution is 0.0927. The minimum atomic E-state index is -0.914. The molecule has 0 aliphatic rings. The van der Waals surface area contributed by atoms with Crippen molar-refractivity contribution in [2.24, 2.45) is 7.05 Å². The average molecular weight is 327 g/mol. The third kappa shape index (κ3) is 4.75. The second kappa shape index (κ2) is 7.46. The number of carbonyl (C=O) groups is 1. The first-order chi connectivity index (χ1) is 10.1. The smallest absolute Gasteiger partial charge is 0.287 e. The molecular weight excluding hydrogens is 310 g/mol.